The molecule has 1 aromatic rings. The van der Waals surface area contributed by atoms with E-state index in [1.54, 1.807) is 0 Å². The normalized spacial score (nSPS) is 10.7. The summed E-state index contributed by atoms with van der Waals surface area (Å²) in [6.07, 6.45) is 6.07. The first kappa shape index (κ1) is 15.7. The number of carbonyl (C=O) groups excluding carboxylic acids is 1. The van der Waals surface area contributed by atoms with Crippen molar-refractivity contribution in [1.29, 1.82) is 0 Å². The Bertz CT molecular complexity index is 388. The second-order valence-electron chi connectivity index (χ2n) is 4.67. The molecule has 5 nitrogen and oxygen atoms in total. The Balaban J connectivity index is 2.25. The van der Waals surface area contributed by atoms with Gasteiger partial charge in [0.25, 0.3) is 0 Å². The van der Waals surface area contributed by atoms with E-state index in [4.69, 9.17) is 15.0 Å². The molecule has 0 aliphatic heterocycles. The van der Waals surface area contributed by atoms with Gasteiger partial charge in [0.2, 0.25) is 0 Å². The highest BCUT2D eigenvalue weighted by molar-refractivity contribution is 5.92. The zero-order chi connectivity index (χ0) is 14.1. The number of nitrogen functional groups attached to an aromatic ring is 1. The van der Waals surface area contributed by atoms with Gasteiger partial charge in [-0.1, -0.05) is 32.6 Å². The molecule has 0 spiro atoms. The van der Waals surface area contributed by atoms with E-state index in [1.165, 1.54) is 25.7 Å². The summed E-state index contributed by atoms with van der Waals surface area (Å²) < 4.78 is 10.9. The lowest BCUT2D eigenvalue weighted by Gasteiger charge is -2.02. The van der Waals surface area contributed by atoms with E-state index in [2.05, 4.69) is 12.3 Å². The smallest absolute Gasteiger partial charge is 0.301 e. The molecule has 0 aromatic carbocycles. The molecule has 1 rings (SSSR count). The van der Waals surface area contributed by atoms with Gasteiger partial charge in [0.15, 0.2) is 5.76 Å². The monoisotopic (exact) mass is 268 g/mol. The van der Waals surface area contributed by atoms with Gasteiger partial charge in [-0.25, -0.2) is 5.84 Å². The van der Waals surface area contributed by atoms with Crippen molar-refractivity contribution in [3.63, 3.8) is 0 Å². The summed E-state index contributed by atoms with van der Waals surface area (Å²) in [5.41, 5.74) is 2.83. The van der Waals surface area contributed by atoms with E-state index in [0.717, 1.165) is 18.6 Å². The van der Waals surface area contributed by atoms with Crippen LogP contribution in [0.3, 0.4) is 0 Å². The first-order chi connectivity index (χ1) is 9.19. The number of nitrogens with two attached hydrogens (primary N) is 1. The standard InChI is InChI=1S/C14H24N2O3/c1-3-4-5-6-7-8-18-10-12-9-11(2)13(19-12)14(17)16-15/h9H,3-8,10,15H2,1-2H3,(H,16,17). The minimum Gasteiger partial charge on any atom is -0.453 e. The Hall–Kier alpha value is -1.33. The molecule has 5 heteroatoms. The maximum atomic E-state index is 11.4. The van der Waals surface area contributed by atoms with Gasteiger partial charge >= 0.3 is 5.91 Å². The molecule has 1 heterocycles. The maximum absolute atomic E-state index is 11.4. The lowest BCUT2D eigenvalue weighted by atomic mass is 10.2. The number of hydrogen-bond acceptors (Lipinski definition) is 4. The van der Waals surface area contributed by atoms with Gasteiger partial charge in [-0.05, 0) is 19.4 Å². The molecule has 1 aromatic heterocycles. The van der Waals surface area contributed by atoms with Crippen molar-refractivity contribution in [3.05, 3.63) is 23.2 Å². The lowest BCUT2D eigenvalue weighted by Crippen LogP contribution is -2.30. The fraction of sp³-hybridized carbons (Fsp3) is 0.643. The van der Waals surface area contributed by atoms with Gasteiger partial charge in [-0.3, -0.25) is 10.2 Å². The Morgan fingerprint density at radius 1 is 1.37 bits per heavy atom. The summed E-state index contributed by atoms with van der Waals surface area (Å²) in [7, 11) is 0. The molecule has 0 aliphatic carbocycles. The molecule has 0 fully saturated rings. The Morgan fingerprint density at radius 3 is 2.79 bits per heavy atom. The second kappa shape index (κ2) is 8.72. The predicted octanol–water partition coefficient (Wildman–Crippen LogP) is 2.68. The van der Waals surface area contributed by atoms with Crippen molar-refractivity contribution in [2.45, 2.75) is 52.6 Å². The van der Waals surface area contributed by atoms with E-state index in [-0.39, 0.29) is 5.76 Å². The van der Waals surface area contributed by atoms with Crippen LogP contribution >= 0.6 is 0 Å². The fourth-order valence-electron chi connectivity index (χ4n) is 1.89. The van der Waals surface area contributed by atoms with Gasteiger partial charge < -0.3 is 9.15 Å². The number of hydrogen-bond donors (Lipinski definition) is 2. The third-order valence-corrected chi connectivity index (χ3v) is 2.94. The molecule has 0 bridgehead atoms. The zero-order valence-corrected chi connectivity index (χ0v) is 11.8. The van der Waals surface area contributed by atoms with E-state index < -0.39 is 5.91 Å². The van der Waals surface area contributed by atoms with Crippen molar-refractivity contribution < 1.29 is 13.9 Å². The highest BCUT2D eigenvalue weighted by atomic mass is 16.5. The topological polar surface area (TPSA) is 77.5 Å². The van der Waals surface area contributed by atoms with Crippen LogP contribution in [0.2, 0.25) is 0 Å². The van der Waals surface area contributed by atoms with Crippen LogP contribution in [0, 0.1) is 6.92 Å². The average Bonchev–Trinajstić information content (AvgIpc) is 2.78. The minimum atomic E-state index is -0.414. The molecule has 0 atom stereocenters. The van der Waals surface area contributed by atoms with Gasteiger partial charge in [-0.15, -0.1) is 0 Å². The molecule has 1 amide bonds. The number of hydrazine groups is 1. The fourth-order valence-corrected chi connectivity index (χ4v) is 1.89. The Kier molecular flexibility index (Phi) is 7.22. The van der Waals surface area contributed by atoms with Gasteiger partial charge in [0.1, 0.15) is 12.4 Å². The van der Waals surface area contributed by atoms with Crippen LogP contribution in [-0.4, -0.2) is 12.5 Å². The molecule has 0 saturated heterocycles. The van der Waals surface area contributed by atoms with E-state index in [9.17, 15) is 4.79 Å². The maximum Gasteiger partial charge on any atom is 0.301 e. The summed E-state index contributed by atoms with van der Waals surface area (Å²) in [6, 6.07) is 1.81. The SMILES string of the molecule is CCCCCCCOCc1cc(C)c(C(=O)NN)o1. The number of furan rings is 1. The van der Waals surface area contributed by atoms with Crippen molar-refractivity contribution >= 4 is 5.91 Å². The zero-order valence-electron chi connectivity index (χ0n) is 11.8. The van der Waals surface area contributed by atoms with E-state index in [1.807, 2.05) is 13.0 Å². The lowest BCUT2D eigenvalue weighted by molar-refractivity contribution is 0.0888. The van der Waals surface area contributed by atoms with Crippen LogP contribution in [0.25, 0.3) is 0 Å². The first-order valence-electron chi connectivity index (χ1n) is 6.87. The number of ether oxygens (including phenoxy) is 1. The number of aryl methyl sites for hydroxylation is 1. The quantitative estimate of drug-likeness (QED) is 0.312. The highest BCUT2D eigenvalue weighted by Crippen LogP contribution is 2.15. The summed E-state index contributed by atoms with van der Waals surface area (Å²) in [5.74, 6) is 5.57. The Labute approximate surface area is 114 Å². The predicted molar refractivity (Wildman–Crippen MR) is 73.5 cm³/mol. The summed E-state index contributed by atoms with van der Waals surface area (Å²) in [4.78, 5) is 11.4. The molecule has 0 aliphatic rings. The molecule has 108 valence electrons. The van der Waals surface area contributed by atoms with Crippen LogP contribution in [-0.2, 0) is 11.3 Å². The van der Waals surface area contributed by atoms with Crippen LogP contribution < -0.4 is 11.3 Å². The summed E-state index contributed by atoms with van der Waals surface area (Å²) >= 11 is 0. The summed E-state index contributed by atoms with van der Waals surface area (Å²) in [5, 5.41) is 0. The van der Waals surface area contributed by atoms with E-state index >= 15 is 0 Å². The largest absolute Gasteiger partial charge is 0.453 e. The first-order valence-corrected chi connectivity index (χ1v) is 6.87. The summed E-state index contributed by atoms with van der Waals surface area (Å²) in [6.45, 7) is 5.13. The number of carbonyl (C=O) groups is 1. The number of unbranched alkanes of at least 4 members (excludes halogenated alkanes) is 4. The number of amides is 1. The van der Waals surface area contributed by atoms with Crippen molar-refractivity contribution in [2.75, 3.05) is 6.61 Å². The number of rotatable bonds is 9. The minimum absolute atomic E-state index is 0.254. The van der Waals surface area contributed by atoms with Crippen molar-refractivity contribution in [1.82, 2.24) is 5.43 Å². The van der Waals surface area contributed by atoms with Gasteiger partial charge in [0.05, 0.1) is 0 Å². The molecular weight excluding hydrogens is 244 g/mol. The van der Waals surface area contributed by atoms with Gasteiger partial charge in [-0.2, -0.15) is 0 Å². The Morgan fingerprint density at radius 2 is 2.11 bits per heavy atom. The third kappa shape index (κ3) is 5.44. The highest BCUT2D eigenvalue weighted by Gasteiger charge is 2.14. The molecule has 0 radical (unpaired) electrons. The van der Waals surface area contributed by atoms with Crippen LogP contribution in [0.15, 0.2) is 10.5 Å². The van der Waals surface area contributed by atoms with Crippen LogP contribution in [0.1, 0.15) is 60.9 Å². The van der Waals surface area contributed by atoms with Crippen LogP contribution in [0.4, 0.5) is 0 Å². The number of nitrogens with one attached hydrogen (secondary N) is 1. The molecule has 0 unspecified atom stereocenters. The molecular formula is C14H24N2O3. The van der Waals surface area contributed by atoms with Crippen LogP contribution in [0.5, 0.6) is 0 Å². The third-order valence-electron chi connectivity index (χ3n) is 2.94. The van der Waals surface area contributed by atoms with Gasteiger partial charge in [0, 0.05) is 12.2 Å². The molecule has 3 N–H and O–H groups in total. The van der Waals surface area contributed by atoms with E-state index in [0.29, 0.717) is 12.4 Å². The molecule has 0 saturated carbocycles. The van der Waals surface area contributed by atoms with Crippen molar-refractivity contribution in [3.8, 4) is 0 Å². The van der Waals surface area contributed by atoms with Crippen molar-refractivity contribution in [2.24, 2.45) is 5.84 Å². The molecule has 19 heavy (non-hydrogen) atoms. The second-order valence-corrected chi connectivity index (χ2v) is 4.67. The average molecular weight is 268 g/mol.